The molecule has 6 heteroatoms. The highest BCUT2D eigenvalue weighted by atomic mass is 16.2. The highest BCUT2D eigenvalue weighted by molar-refractivity contribution is 5.78. The number of carbonyl (C=O) groups excluding carboxylic acids is 1. The van der Waals surface area contributed by atoms with Crippen LogP contribution < -0.4 is 5.32 Å². The smallest absolute Gasteiger partial charge is 0.222 e. The second-order valence-corrected chi connectivity index (χ2v) is 5.03. The van der Waals surface area contributed by atoms with Gasteiger partial charge in [-0.15, -0.1) is 0 Å². The minimum Gasteiger partial charge on any atom is -0.341 e. The molecule has 0 unspecified atom stereocenters. The number of aromatic nitrogens is 3. The monoisotopic (exact) mass is 249 g/mol. The van der Waals surface area contributed by atoms with E-state index in [9.17, 15) is 4.79 Å². The first kappa shape index (κ1) is 11.6. The Bertz CT molecular complexity index is 430. The number of aryl methyl sites for hydroxylation is 1. The van der Waals surface area contributed by atoms with Crippen LogP contribution in [0.3, 0.4) is 0 Å². The molecule has 0 saturated carbocycles. The Hall–Kier alpha value is -1.43. The number of hydrogen-bond acceptors (Lipinski definition) is 4. The molecule has 2 aliphatic heterocycles. The molecule has 2 aliphatic rings. The number of carbonyl (C=O) groups is 1. The van der Waals surface area contributed by atoms with E-state index in [-0.39, 0.29) is 0 Å². The van der Waals surface area contributed by atoms with E-state index in [1.165, 1.54) is 0 Å². The molecule has 0 radical (unpaired) electrons. The average molecular weight is 249 g/mol. The molecule has 3 heterocycles. The predicted molar refractivity (Wildman–Crippen MR) is 65.9 cm³/mol. The molecule has 18 heavy (non-hydrogen) atoms. The zero-order valence-electron chi connectivity index (χ0n) is 10.5. The van der Waals surface area contributed by atoms with Crippen molar-refractivity contribution in [2.75, 3.05) is 19.6 Å². The molecular weight excluding hydrogens is 230 g/mol. The zero-order chi connectivity index (χ0) is 12.4. The van der Waals surface area contributed by atoms with Gasteiger partial charge in [-0.3, -0.25) is 4.79 Å². The minimum absolute atomic E-state index is 0.305. The van der Waals surface area contributed by atoms with Gasteiger partial charge in [0.1, 0.15) is 12.2 Å². The lowest BCUT2D eigenvalue weighted by atomic mass is 10.1. The van der Waals surface area contributed by atoms with Gasteiger partial charge in [-0.1, -0.05) is 0 Å². The lowest BCUT2D eigenvalue weighted by molar-refractivity contribution is -0.127. The number of rotatable bonds is 4. The normalized spacial score (nSPS) is 23.4. The highest BCUT2D eigenvalue weighted by Crippen LogP contribution is 2.12. The average Bonchev–Trinajstić information content (AvgIpc) is 2.98. The summed E-state index contributed by atoms with van der Waals surface area (Å²) in [7, 11) is 0. The number of nitrogens with one attached hydrogen (secondary N) is 1. The van der Waals surface area contributed by atoms with Crippen LogP contribution in [0.4, 0.5) is 0 Å². The van der Waals surface area contributed by atoms with Crippen molar-refractivity contribution in [2.45, 2.75) is 38.3 Å². The summed E-state index contributed by atoms with van der Waals surface area (Å²) < 4.78 is 1.97. The van der Waals surface area contributed by atoms with Crippen molar-refractivity contribution < 1.29 is 4.79 Å². The fraction of sp³-hybridized carbons (Fsp3) is 0.750. The van der Waals surface area contributed by atoms with Gasteiger partial charge in [0.15, 0.2) is 0 Å². The molecule has 1 aromatic heterocycles. The summed E-state index contributed by atoms with van der Waals surface area (Å²) in [6, 6.07) is 0.455. The molecule has 6 nitrogen and oxygen atoms in total. The lowest BCUT2D eigenvalue weighted by Crippen LogP contribution is -2.42. The summed E-state index contributed by atoms with van der Waals surface area (Å²) in [6.45, 7) is 3.53. The first-order valence-corrected chi connectivity index (χ1v) is 6.71. The quantitative estimate of drug-likeness (QED) is 0.803. The molecular formula is C12H19N5O. The summed E-state index contributed by atoms with van der Waals surface area (Å²) in [5.74, 6) is 1.39. The molecule has 0 spiro atoms. The van der Waals surface area contributed by atoms with Gasteiger partial charge in [0.2, 0.25) is 5.91 Å². The van der Waals surface area contributed by atoms with E-state index < -0.39 is 0 Å². The fourth-order valence-corrected chi connectivity index (χ4v) is 2.75. The van der Waals surface area contributed by atoms with Crippen LogP contribution >= 0.6 is 0 Å². The maximum Gasteiger partial charge on any atom is 0.222 e. The van der Waals surface area contributed by atoms with Crippen molar-refractivity contribution in [3.63, 3.8) is 0 Å². The molecule has 1 N–H and O–H groups in total. The van der Waals surface area contributed by atoms with Crippen molar-refractivity contribution >= 4 is 5.91 Å². The summed E-state index contributed by atoms with van der Waals surface area (Å²) in [5, 5.41) is 7.72. The third kappa shape index (κ3) is 2.38. The number of fused-ring (bicyclic) bond motifs is 1. The zero-order valence-corrected chi connectivity index (χ0v) is 10.5. The number of nitrogens with zero attached hydrogens (tertiary/aromatic N) is 4. The van der Waals surface area contributed by atoms with E-state index in [2.05, 4.69) is 15.4 Å². The van der Waals surface area contributed by atoms with Gasteiger partial charge >= 0.3 is 0 Å². The Labute approximate surface area is 106 Å². The SMILES string of the molecule is O=C1CCCN1CCN[C@@H]1CCc2ncnn2C1. The third-order valence-corrected chi connectivity index (χ3v) is 3.79. The van der Waals surface area contributed by atoms with Gasteiger partial charge in [0.05, 0.1) is 6.54 Å². The van der Waals surface area contributed by atoms with Crippen LogP contribution in [0.25, 0.3) is 0 Å². The van der Waals surface area contributed by atoms with Crippen LogP contribution in [0.1, 0.15) is 25.1 Å². The van der Waals surface area contributed by atoms with Crippen LogP contribution in [0, 0.1) is 0 Å². The Morgan fingerprint density at radius 1 is 1.44 bits per heavy atom. The summed E-state index contributed by atoms with van der Waals surface area (Å²) in [5.41, 5.74) is 0. The Morgan fingerprint density at radius 3 is 3.22 bits per heavy atom. The minimum atomic E-state index is 0.305. The summed E-state index contributed by atoms with van der Waals surface area (Å²) in [4.78, 5) is 17.6. The molecule has 0 aromatic carbocycles. The van der Waals surface area contributed by atoms with Crippen molar-refractivity contribution in [2.24, 2.45) is 0 Å². The van der Waals surface area contributed by atoms with Crippen LogP contribution in [0.2, 0.25) is 0 Å². The van der Waals surface area contributed by atoms with E-state index >= 15 is 0 Å². The number of likely N-dealkylation sites (tertiary alicyclic amines) is 1. The van der Waals surface area contributed by atoms with Gasteiger partial charge in [0.25, 0.3) is 0 Å². The van der Waals surface area contributed by atoms with Crippen molar-refractivity contribution in [3.05, 3.63) is 12.2 Å². The first-order valence-electron chi connectivity index (χ1n) is 6.71. The predicted octanol–water partition coefficient (Wildman–Crippen LogP) is -0.195. The van der Waals surface area contributed by atoms with Crippen molar-refractivity contribution in [1.82, 2.24) is 25.0 Å². The van der Waals surface area contributed by atoms with E-state index in [1.807, 2.05) is 9.58 Å². The molecule has 3 rings (SSSR count). The second kappa shape index (κ2) is 5.06. The maximum absolute atomic E-state index is 11.5. The van der Waals surface area contributed by atoms with Gasteiger partial charge in [-0.05, 0) is 12.8 Å². The second-order valence-electron chi connectivity index (χ2n) is 5.03. The number of hydrogen-bond donors (Lipinski definition) is 1. The molecule has 98 valence electrons. The molecule has 1 saturated heterocycles. The van der Waals surface area contributed by atoms with Gasteiger partial charge in [-0.25, -0.2) is 9.67 Å². The van der Waals surface area contributed by atoms with Gasteiger partial charge in [-0.2, -0.15) is 5.10 Å². The van der Waals surface area contributed by atoms with Crippen LogP contribution in [-0.4, -0.2) is 51.2 Å². The summed E-state index contributed by atoms with van der Waals surface area (Å²) in [6.07, 6.45) is 5.46. The van der Waals surface area contributed by atoms with E-state index in [1.54, 1.807) is 6.33 Å². The molecule has 1 fully saturated rings. The van der Waals surface area contributed by atoms with Crippen molar-refractivity contribution in [3.8, 4) is 0 Å². The molecule has 0 aliphatic carbocycles. The molecule has 0 bridgehead atoms. The standard InChI is InChI=1S/C12H19N5O/c18-12-2-1-6-16(12)7-5-13-10-3-4-11-14-9-15-17(11)8-10/h9-10,13H,1-8H2/t10-/m1/s1. The fourth-order valence-electron chi connectivity index (χ4n) is 2.75. The van der Waals surface area contributed by atoms with Crippen LogP contribution in [-0.2, 0) is 17.8 Å². The van der Waals surface area contributed by atoms with Gasteiger partial charge in [0, 0.05) is 38.5 Å². The maximum atomic E-state index is 11.5. The Morgan fingerprint density at radius 2 is 2.39 bits per heavy atom. The van der Waals surface area contributed by atoms with E-state index in [0.717, 1.165) is 57.7 Å². The topological polar surface area (TPSA) is 63.1 Å². The third-order valence-electron chi connectivity index (χ3n) is 3.79. The van der Waals surface area contributed by atoms with E-state index in [0.29, 0.717) is 11.9 Å². The van der Waals surface area contributed by atoms with Crippen LogP contribution in [0.15, 0.2) is 6.33 Å². The lowest BCUT2D eigenvalue weighted by Gasteiger charge is -2.25. The Kier molecular flexibility index (Phi) is 3.27. The summed E-state index contributed by atoms with van der Waals surface area (Å²) >= 11 is 0. The van der Waals surface area contributed by atoms with E-state index in [4.69, 9.17) is 0 Å². The first-order chi connectivity index (χ1) is 8.83. The van der Waals surface area contributed by atoms with Gasteiger partial charge < -0.3 is 10.2 Å². The largest absolute Gasteiger partial charge is 0.341 e. The molecule has 1 atom stereocenters. The number of amides is 1. The molecule has 1 amide bonds. The van der Waals surface area contributed by atoms with Crippen LogP contribution in [0.5, 0.6) is 0 Å². The Balaban J connectivity index is 1.43. The molecule has 1 aromatic rings. The highest BCUT2D eigenvalue weighted by Gasteiger charge is 2.21. The van der Waals surface area contributed by atoms with Crippen molar-refractivity contribution in [1.29, 1.82) is 0 Å².